The molecule has 1 saturated carbocycles. The first kappa shape index (κ1) is 17.9. The molecule has 0 aromatic carbocycles. The minimum atomic E-state index is -3.60. The number of carbonyl (C=O) groups excluding carboxylic acids is 1. The molecule has 0 aliphatic heterocycles. The van der Waals surface area contributed by atoms with E-state index in [0.29, 0.717) is 12.5 Å². The summed E-state index contributed by atoms with van der Waals surface area (Å²) in [5.74, 6) is -0.281. The monoisotopic (exact) mass is 339 g/mol. The number of rotatable bonds is 6. The van der Waals surface area contributed by atoms with E-state index in [2.05, 4.69) is 16.6 Å². The Labute approximate surface area is 138 Å². The number of carbonyl (C=O) groups is 1. The highest BCUT2D eigenvalue weighted by Gasteiger charge is 2.25. The molecular formula is C16H25N3O3S. The Balaban J connectivity index is 1.85. The van der Waals surface area contributed by atoms with Crippen LogP contribution in [-0.2, 0) is 21.4 Å². The second kappa shape index (κ2) is 7.88. The summed E-state index contributed by atoms with van der Waals surface area (Å²) in [6.45, 7) is 2.48. The lowest BCUT2D eigenvalue weighted by atomic mass is 9.88. The van der Waals surface area contributed by atoms with E-state index in [1.54, 1.807) is 25.4 Å². The standard InChI is InChI=1S/C16H25N3O3S/c1-13-6-8-14(9-7-13)18-23(21,22)12-16(20)19(2)11-15-5-3-4-10-17-15/h3-5,10,13-14,18H,6-9,11-12H2,1-2H3. The smallest absolute Gasteiger partial charge is 0.239 e. The Kier molecular flexibility index (Phi) is 6.12. The van der Waals surface area contributed by atoms with Crippen molar-refractivity contribution in [1.29, 1.82) is 0 Å². The summed E-state index contributed by atoms with van der Waals surface area (Å²) in [7, 11) is -2.00. The van der Waals surface area contributed by atoms with Gasteiger partial charge in [-0.3, -0.25) is 9.78 Å². The molecule has 6 nitrogen and oxygen atoms in total. The van der Waals surface area contributed by atoms with Gasteiger partial charge in [-0.25, -0.2) is 13.1 Å². The van der Waals surface area contributed by atoms with Gasteiger partial charge in [0.15, 0.2) is 0 Å². The van der Waals surface area contributed by atoms with Crippen molar-refractivity contribution in [2.45, 2.75) is 45.2 Å². The van der Waals surface area contributed by atoms with E-state index in [1.807, 2.05) is 6.07 Å². The SMILES string of the molecule is CC1CCC(NS(=O)(=O)CC(=O)N(C)Cc2ccccn2)CC1. The van der Waals surface area contributed by atoms with E-state index in [-0.39, 0.29) is 6.04 Å². The zero-order valence-corrected chi connectivity index (χ0v) is 14.6. The highest BCUT2D eigenvalue weighted by atomic mass is 32.2. The molecule has 23 heavy (non-hydrogen) atoms. The van der Waals surface area contributed by atoms with Gasteiger partial charge in [-0.05, 0) is 43.7 Å². The van der Waals surface area contributed by atoms with Crippen molar-refractivity contribution in [3.05, 3.63) is 30.1 Å². The average Bonchev–Trinajstić information content (AvgIpc) is 2.50. The molecule has 0 spiro atoms. The van der Waals surface area contributed by atoms with Crippen LogP contribution in [0.15, 0.2) is 24.4 Å². The van der Waals surface area contributed by atoms with Crippen molar-refractivity contribution in [3.8, 4) is 0 Å². The maximum Gasteiger partial charge on any atom is 0.239 e. The van der Waals surface area contributed by atoms with Crippen LogP contribution in [-0.4, -0.2) is 43.1 Å². The van der Waals surface area contributed by atoms with Gasteiger partial charge in [-0.2, -0.15) is 0 Å². The maximum absolute atomic E-state index is 12.2. The van der Waals surface area contributed by atoms with Crippen LogP contribution < -0.4 is 4.72 Å². The predicted octanol–water partition coefficient (Wildman–Crippen LogP) is 1.54. The molecule has 1 N–H and O–H groups in total. The number of nitrogens with zero attached hydrogens (tertiary/aromatic N) is 2. The summed E-state index contributed by atoms with van der Waals surface area (Å²) < 4.78 is 27.0. The molecule has 1 aliphatic rings. The Bertz CT molecular complexity index is 611. The van der Waals surface area contributed by atoms with Crippen LogP contribution >= 0.6 is 0 Å². The van der Waals surface area contributed by atoms with E-state index < -0.39 is 21.7 Å². The number of amides is 1. The van der Waals surface area contributed by atoms with Gasteiger partial charge in [0.25, 0.3) is 0 Å². The molecule has 0 atom stereocenters. The molecule has 0 bridgehead atoms. The Morgan fingerprint density at radius 2 is 2.00 bits per heavy atom. The quantitative estimate of drug-likeness (QED) is 0.852. The van der Waals surface area contributed by atoms with Crippen LogP contribution in [0.3, 0.4) is 0 Å². The third-order valence-corrected chi connectivity index (χ3v) is 5.55. The second-order valence-electron chi connectivity index (χ2n) is 6.40. The van der Waals surface area contributed by atoms with Crippen molar-refractivity contribution in [2.24, 2.45) is 5.92 Å². The Morgan fingerprint density at radius 1 is 1.30 bits per heavy atom. The van der Waals surface area contributed by atoms with Gasteiger partial charge >= 0.3 is 0 Å². The van der Waals surface area contributed by atoms with Crippen molar-refractivity contribution < 1.29 is 13.2 Å². The molecule has 7 heteroatoms. The van der Waals surface area contributed by atoms with E-state index in [0.717, 1.165) is 31.4 Å². The molecule has 1 aromatic heterocycles. The van der Waals surface area contributed by atoms with Gasteiger partial charge in [-0.15, -0.1) is 0 Å². The number of sulfonamides is 1. The minimum absolute atomic E-state index is 0.0369. The van der Waals surface area contributed by atoms with Crippen molar-refractivity contribution >= 4 is 15.9 Å². The Hall–Kier alpha value is -1.47. The summed E-state index contributed by atoms with van der Waals surface area (Å²) in [6, 6.07) is 5.40. The molecule has 1 aromatic rings. The molecule has 1 heterocycles. The molecule has 1 amide bonds. The predicted molar refractivity (Wildman–Crippen MR) is 89.1 cm³/mol. The third kappa shape index (κ3) is 5.91. The van der Waals surface area contributed by atoms with Crippen LogP contribution in [0.4, 0.5) is 0 Å². The zero-order valence-electron chi connectivity index (χ0n) is 13.7. The lowest BCUT2D eigenvalue weighted by Gasteiger charge is -2.27. The fourth-order valence-corrected chi connectivity index (χ4v) is 4.14. The van der Waals surface area contributed by atoms with Crippen LogP contribution in [0.2, 0.25) is 0 Å². The number of hydrogen-bond donors (Lipinski definition) is 1. The van der Waals surface area contributed by atoms with Gasteiger partial charge in [0.2, 0.25) is 15.9 Å². The fraction of sp³-hybridized carbons (Fsp3) is 0.625. The van der Waals surface area contributed by atoms with Gasteiger partial charge in [0.1, 0.15) is 5.75 Å². The molecule has 128 valence electrons. The average molecular weight is 339 g/mol. The van der Waals surface area contributed by atoms with E-state index in [4.69, 9.17) is 0 Å². The lowest BCUT2D eigenvalue weighted by Crippen LogP contribution is -2.42. The van der Waals surface area contributed by atoms with Crippen molar-refractivity contribution in [3.63, 3.8) is 0 Å². The summed E-state index contributed by atoms with van der Waals surface area (Å²) in [5, 5.41) is 0. The third-order valence-electron chi connectivity index (χ3n) is 4.23. The fourth-order valence-electron chi connectivity index (χ4n) is 2.77. The highest BCUT2D eigenvalue weighted by molar-refractivity contribution is 7.90. The van der Waals surface area contributed by atoms with Gasteiger partial charge < -0.3 is 4.90 Å². The molecule has 0 saturated heterocycles. The van der Waals surface area contributed by atoms with E-state index in [9.17, 15) is 13.2 Å². The van der Waals surface area contributed by atoms with Gasteiger partial charge in [0, 0.05) is 19.3 Å². The molecule has 1 fully saturated rings. The van der Waals surface area contributed by atoms with Crippen LogP contribution in [0, 0.1) is 5.92 Å². The number of aromatic nitrogens is 1. The van der Waals surface area contributed by atoms with E-state index in [1.165, 1.54) is 4.90 Å². The molecular weight excluding hydrogens is 314 g/mol. The van der Waals surface area contributed by atoms with Gasteiger partial charge in [-0.1, -0.05) is 13.0 Å². The first-order chi connectivity index (χ1) is 10.9. The topological polar surface area (TPSA) is 79.4 Å². The minimum Gasteiger partial charge on any atom is -0.339 e. The van der Waals surface area contributed by atoms with Crippen LogP contribution in [0.25, 0.3) is 0 Å². The summed E-state index contributed by atoms with van der Waals surface area (Å²) in [5.41, 5.74) is 0.731. The summed E-state index contributed by atoms with van der Waals surface area (Å²) >= 11 is 0. The highest BCUT2D eigenvalue weighted by Crippen LogP contribution is 2.23. The van der Waals surface area contributed by atoms with E-state index >= 15 is 0 Å². The number of nitrogens with one attached hydrogen (secondary N) is 1. The first-order valence-corrected chi connectivity index (χ1v) is 9.65. The number of pyridine rings is 1. The summed E-state index contributed by atoms with van der Waals surface area (Å²) in [6.07, 6.45) is 5.40. The summed E-state index contributed by atoms with van der Waals surface area (Å²) in [4.78, 5) is 17.7. The van der Waals surface area contributed by atoms with Crippen molar-refractivity contribution in [1.82, 2.24) is 14.6 Å². The van der Waals surface area contributed by atoms with Crippen molar-refractivity contribution in [2.75, 3.05) is 12.8 Å². The molecule has 0 radical (unpaired) electrons. The first-order valence-electron chi connectivity index (χ1n) is 7.99. The van der Waals surface area contributed by atoms with Crippen LogP contribution in [0.1, 0.15) is 38.3 Å². The Morgan fingerprint density at radius 3 is 2.61 bits per heavy atom. The maximum atomic E-state index is 12.2. The van der Waals surface area contributed by atoms with Gasteiger partial charge in [0.05, 0.1) is 12.2 Å². The van der Waals surface area contributed by atoms with Crippen LogP contribution in [0.5, 0.6) is 0 Å². The lowest BCUT2D eigenvalue weighted by molar-refractivity contribution is -0.127. The molecule has 2 rings (SSSR count). The number of hydrogen-bond acceptors (Lipinski definition) is 4. The second-order valence-corrected chi connectivity index (χ2v) is 8.16. The molecule has 0 unspecified atom stereocenters. The largest absolute Gasteiger partial charge is 0.339 e. The zero-order chi connectivity index (χ0) is 16.9. The normalized spacial score (nSPS) is 21.8. The molecule has 1 aliphatic carbocycles.